The molecule has 0 spiro atoms. The molecule has 27 heavy (non-hydrogen) atoms. The Morgan fingerprint density at radius 1 is 1.00 bits per heavy atom. The van der Waals surface area contributed by atoms with Crippen molar-refractivity contribution >= 4 is 18.3 Å². The van der Waals surface area contributed by atoms with Gasteiger partial charge < -0.3 is 20.1 Å². The lowest BCUT2D eigenvalue weighted by atomic mass is 10.1. The van der Waals surface area contributed by atoms with E-state index in [9.17, 15) is 4.79 Å². The number of hydrogen-bond donors (Lipinski definition) is 2. The summed E-state index contributed by atoms with van der Waals surface area (Å²) >= 11 is 0. The van der Waals surface area contributed by atoms with Crippen molar-refractivity contribution in [2.45, 2.75) is 56.9 Å². The summed E-state index contributed by atoms with van der Waals surface area (Å²) in [5.41, 5.74) is 1.19. The summed E-state index contributed by atoms with van der Waals surface area (Å²) in [6.07, 6.45) is 8.91. The molecule has 0 saturated heterocycles. The van der Waals surface area contributed by atoms with Gasteiger partial charge in [-0.2, -0.15) is 0 Å². The van der Waals surface area contributed by atoms with E-state index in [1.54, 1.807) is 0 Å². The normalized spacial score (nSPS) is 24.4. The van der Waals surface area contributed by atoms with Gasteiger partial charge in [0, 0.05) is 25.0 Å². The number of benzene rings is 1. The van der Waals surface area contributed by atoms with E-state index >= 15 is 0 Å². The van der Waals surface area contributed by atoms with Crippen LogP contribution in [0.1, 0.15) is 56.4 Å². The molecule has 6 heteroatoms. The first-order chi connectivity index (χ1) is 12.8. The van der Waals surface area contributed by atoms with Gasteiger partial charge in [0.05, 0.1) is 0 Å². The Balaban J connectivity index is 0.00000210. The molecular formula is C21H31ClN2O3. The number of ether oxygens (including phenoxy) is 2. The topological polar surface area (TPSA) is 59.6 Å². The van der Waals surface area contributed by atoms with Crippen LogP contribution in [0.2, 0.25) is 0 Å². The molecule has 2 aliphatic carbocycles. The van der Waals surface area contributed by atoms with Gasteiger partial charge >= 0.3 is 0 Å². The van der Waals surface area contributed by atoms with E-state index in [0.717, 1.165) is 31.0 Å². The molecule has 2 fully saturated rings. The zero-order chi connectivity index (χ0) is 17.8. The molecule has 2 unspecified atom stereocenters. The summed E-state index contributed by atoms with van der Waals surface area (Å²) in [4.78, 5) is 12.4. The maximum absolute atomic E-state index is 12.4. The van der Waals surface area contributed by atoms with Gasteiger partial charge in [-0.15, -0.1) is 12.4 Å². The van der Waals surface area contributed by atoms with Gasteiger partial charge in [0.1, 0.15) is 13.2 Å². The van der Waals surface area contributed by atoms with Crippen molar-refractivity contribution in [1.82, 2.24) is 10.6 Å². The summed E-state index contributed by atoms with van der Waals surface area (Å²) in [7, 11) is 0. The van der Waals surface area contributed by atoms with Crippen LogP contribution in [0, 0.1) is 5.92 Å². The van der Waals surface area contributed by atoms with Gasteiger partial charge in [0.2, 0.25) is 5.91 Å². The first kappa shape index (κ1) is 20.3. The fourth-order valence-electron chi connectivity index (χ4n) is 4.22. The second-order valence-corrected chi connectivity index (χ2v) is 7.79. The fourth-order valence-corrected chi connectivity index (χ4v) is 4.22. The number of carbonyl (C=O) groups is 1. The minimum Gasteiger partial charge on any atom is -0.486 e. The molecule has 1 aliphatic heterocycles. The largest absolute Gasteiger partial charge is 0.486 e. The molecule has 1 aromatic carbocycles. The summed E-state index contributed by atoms with van der Waals surface area (Å²) < 4.78 is 11.2. The quantitative estimate of drug-likeness (QED) is 0.573. The zero-order valence-electron chi connectivity index (χ0n) is 15.9. The lowest BCUT2D eigenvalue weighted by Gasteiger charge is -2.19. The van der Waals surface area contributed by atoms with Crippen molar-refractivity contribution in [1.29, 1.82) is 0 Å². The lowest BCUT2D eigenvalue weighted by molar-refractivity contribution is -0.122. The smallest absolute Gasteiger partial charge is 0.223 e. The number of carbonyl (C=O) groups excluding carboxylic acids is 1. The van der Waals surface area contributed by atoms with Gasteiger partial charge in [-0.05, 0) is 42.9 Å². The Hall–Kier alpha value is -1.46. The molecule has 2 atom stereocenters. The van der Waals surface area contributed by atoms with Gasteiger partial charge in [-0.3, -0.25) is 4.79 Å². The van der Waals surface area contributed by atoms with Crippen LogP contribution < -0.4 is 20.1 Å². The molecule has 1 aromatic rings. The molecule has 4 rings (SSSR count). The van der Waals surface area contributed by atoms with Crippen molar-refractivity contribution in [3.05, 3.63) is 23.8 Å². The van der Waals surface area contributed by atoms with Gasteiger partial charge in [-0.1, -0.05) is 31.7 Å². The number of rotatable bonds is 6. The molecule has 5 nitrogen and oxygen atoms in total. The summed E-state index contributed by atoms with van der Waals surface area (Å²) in [6, 6.07) is 6.72. The molecular weight excluding hydrogens is 364 g/mol. The molecule has 3 aliphatic rings. The minimum atomic E-state index is 0. The number of hydrogen-bond acceptors (Lipinski definition) is 4. The Kier molecular flexibility index (Phi) is 7.25. The molecule has 0 aromatic heterocycles. The molecule has 1 heterocycles. The Bertz CT molecular complexity index is 632. The first-order valence-electron chi connectivity index (χ1n) is 10.2. The number of amides is 1. The molecule has 0 bridgehead atoms. The highest BCUT2D eigenvalue weighted by Gasteiger charge is 2.44. The lowest BCUT2D eigenvalue weighted by Crippen LogP contribution is -2.37. The number of halogens is 1. The summed E-state index contributed by atoms with van der Waals surface area (Å²) in [5.74, 6) is 2.24. The van der Waals surface area contributed by atoms with Crippen LogP contribution in [0.5, 0.6) is 11.5 Å². The minimum absolute atomic E-state index is 0. The Morgan fingerprint density at radius 3 is 2.52 bits per heavy atom. The molecule has 150 valence electrons. The SMILES string of the molecule is Cl.O=C(NCCNC1CCCCCC1)C1CC1c1ccc2c(c1)OCCO2. The van der Waals surface area contributed by atoms with Crippen molar-refractivity contribution in [3.8, 4) is 11.5 Å². The van der Waals surface area contributed by atoms with Crippen LogP contribution in [0.15, 0.2) is 18.2 Å². The van der Waals surface area contributed by atoms with Crippen LogP contribution >= 0.6 is 12.4 Å². The Morgan fingerprint density at radius 2 is 1.74 bits per heavy atom. The van der Waals surface area contributed by atoms with Crippen LogP contribution in [-0.4, -0.2) is 38.3 Å². The van der Waals surface area contributed by atoms with Crippen molar-refractivity contribution in [3.63, 3.8) is 0 Å². The molecule has 0 radical (unpaired) electrons. The highest BCUT2D eigenvalue weighted by molar-refractivity contribution is 5.85. The standard InChI is InChI=1S/C21H30N2O3.ClH/c24-21(23-10-9-22-16-5-3-1-2-4-6-16)18-14-17(18)15-7-8-19-20(13-15)26-12-11-25-19;/h7-8,13,16-18,22H,1-6,9-12,14H2,(H,23,24);1H. The Labute approximate surface area is 168 Å². The van der Waals surface area contributed by atoms with E-state index in [-0.39, 0.29) is 24.2 Å². The third kappa shape index (κ3) is 5.29. The highest BCUT2D eigenvalue weighted by atomic mass is 35.5. The fraction of sp³-hybridized carbons (Fsp3) is 0.667. The van der Waals surface area contributed by atoms with Gasteiger partial charge in [0.15, 0.2) is 11.5 Å². The van der Waals surface area contributed by atoms with Gasteiger partial charge in [0.25, 0.3) is 0 Å². The van der Waals surface area contributed by atoms with Crippen LogP contribution in [0.4, 0.5) is 0 Å². The third-order valence-electron chi connectivity index (χ3n) is 5.83. The second-order valence-electron chi connectivity index (χ2n) is 7.79. The van der Waals surface area contributed by atoms with Crippen molar-refractivity contribution in [2.24, 2.45) is 5.92 Å². The van der Waals surface area contributed by atoms with Crippen LogP contribution in [0.25, 0.3) is 0 Å². The van der Waals surface area contributed by atoms with Crippen molar-refractivity contribution < 1.29 is 14.3 Å². The van der Waals surface area contributed by atoms with Crippen LogP contribution in [0.3, 0.4) is 0 Å². The predicted octanol–water partition coefficient (Wildman–Crippen LogP) is 3.41. The molecule has 1 amide bonds. The van der Waals surface area contributed by atoms with Crippen molar-refractivity contribution in [2.75, 3.05) is 26.3 Å². The van der Waals surface area contributed by atoms with E-state index in [0.29, 0.717) is 25.2 Å². The summed E-state index contributed by atoms with van der Waals surface area (Å²) in [6.45, 7) is 2.80. The highest BCUT2D eigenvalue weighted by Crippen LogP contribution is 2.49. The predicted molar refractivity (Wildman–Crippen MR) is 108 cm³/mol. The maximum atomic E-state index is 12.4. The maximum Gasteiger partial charge on any atom is 0.223 e. The zero-order valence-corrected chi connectivity index (χ0v) is 16.7. The second kappa shape index (κ2) is 9.65. The number of fused-ring (bicyclic) bond motifs is 1. The van der Waals surface area contributed by atoms with E-state index in [2.05, 4.69) is 16.7 Å². The van der Waals surface area contributed by atoms with E-state index in [1.165, 1.54) is 44.1 Å². The third-order valence-corrected chi connectivity index (χ3v) is 5.83. The molecule has 2 N–H and O–H groups in total. The van der Waals surface area contributed by atoms with E-state index in [1.807, 2.05) is 12.1 Å². The average Bonchev–Trinajstić information content (AvgIpc) is 3.49. The van der Waals surface area contributed by atoms with Crippen LogP contribution in [-0.2, 0) is 4.79 Å². The summed E-state index contributed by atoms with van der Waals surface area (Å²) in [5, 5.41) is 6.71. The number of nitrogens with one attached hydrogen (secondary N) is 2. The van der Waals surface area contributed by atoms with E-state index in [4.69, 9.17) is 9.47 Å². The monoisotopic (exact) mass is 394 g/mol. The van der Waals surface area contributed by atoms with E-state index < -0.39 is 0 Å². The average molecular weight is 395 g/mol. The first-order valence-corrected chi connectivity index (χ1v) is 10.2. The van der Waals surface area contributed by atoms with Gasteiger partial charge in [-0.25, -0.2) is 0 Å². The molecule has 2 saturated carbocycles.